The number of aryl methyl sites for hydroxylation is 3. The Morgan fingerprint density at radius 2 is 1.77 bits per heavy atom. The predicted molar refractivity (Wildman–Crippen MR) is 120 cm³/mol. The third-order valence-corrected chi connectivity index (χ3v) is 5.54. The molecule has 0 aromatic heterocycles. The van der Waals surface area contributed by atoms with Crippen molar-refractivity contribution < 1.29 is 14.3 Å². The molecule has 0 saturated carbocycles. The van der Waals surface area contributed by atoms with Crippen LogP contribution in [-0.4, -0.2) is 36.5 Å². The molecule has 0 unspecified atom stereocenters. The highest BCUT2D eigenvalue weighted by atomic mass is 35.5. The second kappa shape index (κ2) is 9.45. The first-order chi connectivity index (χ1) is 14.3. The lowest BCUT2D eigenvalue weighted by Gasteiger charge is -2.15. The Morgan fingerprint density at radius 3 is 2.43 bits per heavy atom. The molecule has 6 heteroatoms. The molecular formula is C24H27ClN2O3. The standard InChI is InChI=1S/C24H27ClN2O3/c1-5-30-12-6-11-27-23(28)21(19-10-7-15(2)13-17(19)4)22(24(27)29)26-18-9-8-16(3)20(25)14-18/h7-10,13-14,26H,5-6,11-12H2,1-4H3. The number of halogens is 1. The van der Waals surface area contributed by atoms with E-state index in [9.17, 15) is 9.59 Å². The molecule has 1 aliphatic rings. The lowest BCUT2D eigenvalue weighted by atomic mass is 9.97. The van der Waals surface area contributed by atoms with Crippen LogP contribution in [0.2, 0.25) is 5.02 Å². The van der Waals surface area contributed by atoms with Gasteiger partial charge in [0.1, 0.15) is 5.70 Å². The Bertz CT molecular complexity index is 1010. The maximum atomic E-state index is 13.3. The summed E-state index contributed by atoms with van der Waals surface area (Å²) in [5, 5.41) is 3.76. The summed E-state index contributed by atoms with van der Waals surface area (Å²) in [6.07, 6.45) is 0.592. The van der Waals surface area contributed by atoms with Gasteiger partial charge in [0.05, 0.1) is 5.57 Å². The van der Waals surface area contributed by atoms with Gasteiger partial charge in [-0.15, -0.1) is 0 Å². The number of benzene rings is 2. The third-order valence-electron chi connectivity index (χ3n) is 5.13. The normalized spacial score (nSPS) is 14.1. The zero-order valence-electron chi connectivity index (χ0n) is 17.8. The van der Waals surface area contributed by atoms with E-state index >= 15 is 0 Å². The molecule has 1 N–H and O–H groups in total. The molecule has 1 aliphatic heterocycles. The monoisotopic (exact) mass is 426 g/mol. The van der Waals surface area contributed by atoms with E-state index in [4.69, 9.17) is 16.3 Å². The minimum atomic E-state index is -0.330. The van der Waals surface area contributed by atoms with Crippen LogP contribution in [0.15, 0.2) is 42.1 Å². The first-order valence-corrected chi connectivity index (χ1v) is 10.5. The van der Waals surface area contributed by atoms with Crippen LogP contribution in [-0.2, 0) is 14.3 Å². The largest absolute Gasteiger partial charge is 0.382 e. The van der Waals surface area contributed by atoms with Gasteiger partial charge in [0.25, 0.3) is 11.8 Å². The number of nitrogens with one attached hydrogen (secondary N) is 1. The number of ether oxygens (including phenoxy) is 1. The Hall–Kier alpha value is -2.63. The zero-order chi connectivity index (χ0) is 21.8. The summed E-state index contributed by atoms with van der Waals surface area (Å²) in [7, 11) is 0. The number of imide groups is 1. The number of amides is 2. The van der Waals surface area contributed by atoms with Gasteiger partial charge in [-0.1, -0.05) is 41.4 Å². The number of hydrogen-bond acceptors (Lipinski definition) is 4. The molecule has 0 atom stereocenters. The predicted octanol–water partition coefficient (Wildman–Crippen LogP) is 4.88. The number of hydrogen-bond donors (Lipinski definition) is 1. The number of carbonyl (C=O) groups is 2. The van der Waals surface area contributed by atoms with E-state index in [-0.39, 0.29) is 17.5 Å². The average Bonchev–Trinajstić information content (AvgIpc) is 2.92. The van der Waals surface area contributed by atoms with E-state index < -0.39 is 0 Å². The molecule has 0 spiro atoms. The van der Waals surface area contributed by atoms with Gasteiger partial charge in [-0.05, 0) is 62.9 Å². The molecule has 158 valence electrons. The summed E-state index contributed by atoms with van der Waals surface area (Å²) in [4.78, 5) is 27.8. The molecule has 2 aromatic rings. The lowest BCUT2D eigenvalue weighted by Crippen LogP contribution is -2.34. The van der Waals surface area contributed by atoms with Gasteiger partial charge in [0, 0.05) is 30.5 Å². The van der Waals surface area contributed by atoms with Crippen LogP contribution in [0.1, 0.15) is 35.6 Å². The second-order valence-corrected chi connectivity index (χ2v) is 7.88. The molecule has 0 bridgehead atoms. The van der Waals surface area contributed by atoms with Crippen molar-refractivity contribution >= 4 is 34.7 Å². The summed E-state index contributed by atoms with van der Waals surface area (Å²) in [6, 6.07) is 11.4. The maximum absolute atomic E-state index is 13.3. The van der Waals surface area contributed by atoms with Crippen molar-refractivity contribution in [1.29, 1.82) is 0 Å². The molecule has 2 aromatic carbocycles. The molecule has 0 fully saturated rings. The quantitative estimate of drug-likeness (QED) is 0.482. The minimum absolute atomic E-state index is 0.281. The van der Waals surface area contributed by atoms with Gasteiger partial charge in [-0.2, -0.15) is 0 Å². The van der Waals surface area contributed by atoms with Crippen LogP contribution >= 0.6 is 11.6 Å². The van der Waals surface area contributed by atoms with Gasteiger partial charge in [0.15, 0.2) is 0 Å². The molecule has 0 saturated heterocycles. The molecule has 30 heavy (non-hydrogen) atoms. The smallest absolute Gasteiger partial charge is 0.278 e. The third kappa shape index (κ3) is 4.58. The van der Waals surface area contributed by atoms with Crippen LogP contribution in [0.3, 0.4) is 0 Å². The first kappa shape index (κ1) is 22.1. The highest BCUT2D eigenvalue weighted by molar-refractivity contribution is 6.37. The fourth-order valence-electron chi connectivity index (χ4n) is 3.52. The van der Waals surface area contributed by atoms with Gasteiger partial charge in [-0.3, -0.25) is 14.5 Å². The van der Waals surface area contributed by atoms with Crippen molar-refractivity contribution in [3.05, 3.63) is 69.4 Å². The van der Waals surface area contributed by atoms with E-state index in [0.29, 0.717) is 42.5 Å². The Kier molecular flexibility index (Phi) is 6.95. The van der Waals surface area contributed by atoms with Crippen molar-refractivity contribution in [2.24, 2.45) is 0 Å². The number of rotatable bonds is 8. The van der Waals surface area contributed by atoms with Crippen molar-refractivity contribution in [1.82, 2.24) is 4.90 Å². The highest BCUT2D eigenvalue weighted by Crippen LogP contribution is 2.33. The van der Waals surface area contributed by atoms with Gasteiger partial charge in [0.2, 0.25) is 0 Å². The molecule has 5 nitrogen and oxygen atoms in total. The van der Waals surface area contributed by atoms with Crippen molar-refractivity contribution in [3.63, 3.8) is 0 Å². The van der Waals surface area contributed by atoms with Gasteiger partial charge < -0.3 is 10.1 Å². The molecular weight excluding hydrogens is 400 g/mol. The Balaban J connectivity index is 2.00. The minimum Gasteiger partial charge on any atom is -0.382 e. The van der Waals surface area contributed by atoms with Crippen LogP contribution in [0.5, 0.6) is 0 Å². The highest BCUT2D eigenvalue weighted by Gasteiger charge is 2.39. The summed E-state index contributed by atoms with van der Waals surface area (Å²) < 4.78 is 5.36. The van der Waals surface area contributed by atoms with E-state index in [0.717, 1.165) is 22.3 Å². The molecule has 1 heterocycles. The van der Waals surface area contributed by atoms with E-state index in [1.54, 1.807) is 6.07 Å². The SMILES string of the molecule is CCOCCCN1C(=O)C(Nc2ccc(C)c(Cl)c2)=C(c2ccc(C)cc2C)C1=O. The zero-order valence-corrected chi connectivity index (χ0v) is 18.6. The average molecular weight is 427 g/mol. The summed E-state index contributed by atoms with van der Waals surface area (Å²) in [5.74, 6) is -0.618. The molecule has 0 radical (unpaired) electrons. The van der Waals surface area contributed by atoms with Crippen LogP contribution < -0.4 is 5.32 Å². The Labute approximate surface area is 182 Å². The topological polar surface area (TPSA) is 58.6 Å². The number of nitrogens with zero attached hydrogens (tertiary/aromatic N) is 1. The van der Waals surface area contributed by atoms with Crippen molar-refractivity contribution in [3.8, 4) is 0 Å². The van der Waals surface area contributed by atoms with Crippen molar-refractivity contribution in [2.75, 3.05) is 25.1 Å². The fourth-order valence-corrected chi connectivity index (χ4v) is 3.70. The lowest BCUT2D eigenvalue weighted by molar-refractivity contribution is -0.137. The van der Waals surface area contributed by atoms with Crippen molar-refractivity contribution in [2.45, 2.75) is 34.1 Å². The fraction of sp³-hybridized carbons (Fsp3) is 0.333. The molecule has 0 aliphatic carbocycles. The van der Waals surface area contributed by atoms with Crippen LogP contribution in [0.25, 0.3) is 5.57 Å². The van der Waals surface area contributed by atoms with Gasteiger partial charge >= 0.3 is 0 Å². The summed E-state index contributed by atoms with van der Waals surface area (Å²) in [5.41, 5.74) is 5.09. The number of carbonyl (C=O) groups excluding carboxylic acids is 2. The number of anilines is 1. The summed E-state index contributed by atoms with van der Waals surface area (Å²) in [6.45, 7) is 9.20. The summed E-state index contributed by atoms with van der Waals surface area (Å²) >= 11 is 6.26. The maximum Gasteiger partial charge on any atom is 0.278 e. The Morgan fingerprint density at radius 1 is 1.00 bits per heavy atom. The van der Waals surface area contributed by atoms with E-state index in [2.05, 4.69) is 5.32 Å². The second-order valence-electron chi connectivity index (χ2n) is 7.47. The molecule has 2 amide bonds. The van der Waals surface area contributed by atoms with E-state index in [1.807, 2.05) is 58.0 Å². The van der Waals surface area contributed by atoms with Crippen LogP contribution in [0.4, 0.5) is 5.69 Å². The van der Waals surface area contributed by atoms with Crippen LogP contribution in [0, 0.1) is 20.8 Å². The first-order valence-electron chi connectivity index (χ1n) is 10.1. The van der Waals surface area contributed by atoms with E-state index in [1.165, 1.54) is 4.90 Å². The van der Waals surface area contributed by atoms with Gasteiger partial charge in [-0.25, -0.2) is 0 Å². The molecule has 3 rings (SSSR count).